The Morgan fingerprint density at radius 3 is 2.35 bits per heavy atom. The molecule has 2 amide bonds. The highest BCUT2D eigenvalue weighted by Gasteiger charge is 2.40. The van der Waals surface area contributed by atoms with Crippen LogP contribution < -0.4 is 10.2 Å². The van der Waals surface area contributed by atoms with E-state index in [0.717, 1.165) is 15.6 Å². The summed E-state index contributed by atoms with van der Waals surface area (Å²) in [6.45, 7) is 1.96. The fourth-order valence-corrected chi connectivity index (χ4v) is 5.18. The molecule has 1 fully saturated rings. The summed E-state index contributed by atoms with van der Waals surface area (Å²) in [7, 11) is 0. The minimum atomic E-state index is -0.565. The number of hydrogen-bond donors (Lipinski definition) is 1. The lowest BCUT2D eigenvalue weighted by Crippen LogP contribution is -2.30. The second-order valence-electron chi connectivity index (χ2n) is 7.70. The van der Waals surface area contributed by atoms with Crippen LogP contribution in [0.3, 0.4) is 0 Å². The van der Waals surface area contributed by atoms with Crippen molar-refractivity contribution in [2.24, 2.45) is 0 Å². The fraction of sp³-hybridized carbons (Fsp3) is 0.115. The third-order valence-corrected chi connectivity index (χ3v) is 7.28. The number of nitrogens with zero attached hydrogens (tertiary/aromatic N) is 2. The van der Waals surface area contributed by atoms with E-state index in [1.165, 1.54) is 16.7 Å². The van der Waals surface area contributed by atoms with E-state index in [9.17, 15) is 14.9 Å². The standard InChI is InChI=1S/C26H19BrClN3O2S/c1-16-2-12-21(13-3-16)31-25(33)23(14-17-4-8-19(28)9-5-17)34-26(31)22(15-29)24(32)30-20-10-6-18(27)7-11-20/h2-13,23H,14H2,1H3,(H,30,32)/b26-22-/t23-/m1/s1. The normalized spacial score (nSPS) is 16.8. The van der Waals surface area contributed by atoms with Crippen LogP contribution in [-0.4, -0.2) is 17.1 Å². The van der Waals surface area contributed by atoms with E-state index in [-0.39, 0.29) is 11.5 Å². The molecular formula is C26H19BrClN3O2S. The number of halogens is 2. The molecule has 0 aromatic heterocycles. The molecule has 0 unspecified atom stereocenters. The predicted octanol–water partition coefficient (Wildman–Crippen LogP) is 6.48. The van der Waals surface area contributed by atoms with Gasteiger partial charge in [0, 0.05) is 20.9 Å². The van der Waals surface area contributed by atoms with Crippen molar-refractivity contribution in [1.29, 1.82) is 5.26 Å². The fourth-order valence-electron chi connectivity index (χ4n) is 3.48. The van der Waals surface area contributed by atoms with E-state index in [2.05, 4.69) is 21.2 Å². The lowest BCUT2D eigenvalue weighted by Gasteiger charge is -2.19. The summed E-state index contributed by atoms with van der Waals surface area (Å²) < 4.78 is 0.872. The summed E-state index contributed by atoms with van der Waals surface area (Å²) in [5, 5.41) is 13.2. The van der Waals surface area contributed by atoms with Gasteiger partial charge in [0.25, 0.3) is 5.91 Å². The number of carbonyl (C=O) groups is 2. The Morgan fingerprint density at radius 1 is 1.09 bits per heavy atom. The van der Waals surface area contributed by atoms with E-state index < -0.39 is 11.2 Å². The zero-order valence-corrected chi connectivity index (χ0v) is 21.2. The Morgan fingerprint density at radius 2 is 1.74 bits per heavy atom. The number of aryl methyl sites for hydroxylation is 1. The summed E-state index contributed by atoms with van der Waals surface area (Å²) in [4.78, 5) is 28.1. The number of anilines is 2. The summed E-state index contributed by atoms with van der Waals surface area (Å²) >= 11 is 10.6. The Labute approximate surface area is 215 Å². The molecule has 1 aliphatic heterocycles. The number of nitriles is 1. The van der Waals surface area contributed by atoms with Crippen molar-refractivity contribution in [3.05, 3.63) is 104 Å². The second kappa shape index (κ2) is 10.5. The number of benzene rings is 3. The van der Waals surface area contributed by atoms with Crippen molar-refractivity contribution < 1.29 is 9.59 Å². The van der Waals surface area contributed by atoms with Crippen LogP contribution in [0, 0.1) is 18.3 Å². The number of thioether (sulfide) groups is 1. The van der Waals surface area contributed by atoms with Crippen LogP contribution in [0.1, 0.15) is 11.1 Å². The Balaban J connectivity index is 1.71. The van der Waals surface area contributed by atoms with E-state index in [4.69, 9.17) is 11.6 Å². The highest BCUT2D eigenvalue weighted by atomic mass is 79.9. The van der Waals surface area contributed by atoms with E-state index in [1.807, 2.05) is 49.4 Å². The van der Waals surface area contributed by atoms with Crippen molar-refractivity contribution in [3.8, 4) is 6.07 Å². The third kappa shape index (κ3) is 5.36. The average molecular weight is 553 g/mol. The minimum absolute atomic E-state index is 0.111. The number of hydrogen-bond acceptors (Lipinski definition) is 4. The van der Waals surface area contributed by atoms with Gasteiger partial charge in [0.05, 0.1) is 5.25 Å². The van der Waals surface area contributed by atoms with E-state index >= 15 is 0 Å². The van der Waals surface area contributed by atoms with Gasteiger partial charge in [-0.1, -0.05) is 69.1 Å². The first-order valence-corrected chi connectivity index (χ1v) is 12.4. The zero-order valence-electron chi connectivity index (χ0n) is 18.1. The molecule has 8 heteroatoms. The average Bonchev–Trinajstić information content (AvgIpc) is 3.13. The molecule has 170 valence electrons. The number of nitrogens with one attached hydrogen (secondary N) is 1. The molecule has 0 spiro atoms. The molecule has 0 bridgehead atoms. The zero-order chi connectivity index (χ0) is 24.2. The minimum Gasteiger partial charge on any atom is -0.321 e. The van der Waals surface area contributed by atoms with Gasteiger partial charge >= 0.3 is 0 Å². The van der Waals surface area contributed by atoms with Crippen LogP contribution in [0.4, 0.5) is 11.4 Å². The molecule has 1 atom stereocenters. The van der Waals surface area contributed by atoms with Crippen molar-refractivity contribution in [3.63, 3.8) is 0 Å². The molecule has 3 aromatic rings. The van der Waals surface area contributed by atoms with Crippen LogP contribution in [0.2, 0.25) is 5.02 Å². The molecule has 4 rings (SSSR count). The lowest BCUT2D eigenvalue weighted by molar-refractivity contribution is -0.117. The highest BCUT2D eigenvalue weighted by Crippen LogP contribution is 2.42. The Bertz CT molecular complexity index is 1300. The largest absolute Gasteiger partial charge is 0.321 e. The van der Waals surface area contributed by atoms with Crippen LogP contribution >= 0.6 is 39.3 Å². The van der Waals surface area contributed by atoms with Crippen molar-refractivity contribution in [2.75, 3.05) is 10.2 Å². The maximum atomic E-state index is 13.5. The maximum absolute atomic E-state index is 13.5. The van der Waals surface area contributed by atoms with Crippen LogP contribution in [0.5, 0.6) is 0 Å². The smallest absolute Gasteiger partial charge is 0.269 e. The monoisotopic (exact) mass is 551 g/mol. The van der Waals surface area contributed by atoms with E-state index in [0.29, 0.717) is 27.8 Å². The quantitative estimate of drug-likeness (QED) is 0.291. The SMILES string of the molecule is Cc1ccc(N2C(=O)[C@@H](Cc3ccc(Cl)cc3)S/C2=C(/C#N)C(=O)Nc2ccc(Br)cc2)cc1. The van der Waals surface area contributed by atoms with Crippen molar-refractivity contribution in [2.45, 2.75) is 18.6 Å². The lowest BCUT2D eigenvalue weighted by atomic mass is 10.1. The van der Waals surface area contributed by atoms with Gasteiger partial charge in [0.15, 0.2) is 0 Å². The first-order valence-electron chi connectivity index (χ1n) is 10.4. The molecule has 1 aliphatic rings. The molecule has 0 aliphatic carbocycles. The van der Waals surface area contributed by atoms with Crippen LogP contribution in [-0.2, 0) is 16.0 Å². The molecule has 34 heavy (non-hydrogen) atoms. The number of amides is 2. The van der Waals surface area contributed by atoms with Crippen LogP contribution in [0.15, 0.2) is 87.9 Å². The van der Waals surface area contributed by atoms with Gasteiger partial charge in [-0.15, -0.1) is 0 Å². The molecule has 0 radical (unpaired) electrons. The topological polar surface area (TPSA) is 73.2 Å². The van der Waals surface area contributed by atoms with Crippen molar-refractivity contribution >= 4 is 62.5 Å². The first kappa shape index (κ1) is 24.1. The second-order valence-corrected chi connectivity index (χ2v) is 10.2. The molecule has 1 heterocycles. The summed E-state index contributed by atoms with van der Waals surface area (Å²) in [6, 6.07) is 23.8. The highest BCUT2D eigenvalue weighted by molar-refractivity contribution is 9.10. The van der Waals surface area contributed by atoms with Crippen LogP contribution in [0.25, 0.3) is 0 Å². The summed E-state index contributed by atoms with van der Waals surface area (Å²) in [5.74, 6) is -0.743. The van der Waals surface area contributed by atoms with Gasteiger partial charge in [0.2, 0.25) is 5.91 Å². The van der Waals surface area contributed by atoms with Gasteiger partial charge in [-0.3, -0.25) is 14.5 Å². The number of rotatable bonds is 5. The van der Waals surface area contributed by atoms with Crippen molar-refractivity contribution in [1.82, 2.24) is 0 Å². The van der Waals surface area contributed by atoms with Gasteiger partial charge in [-0.2, -0.15) is 5.26 Å². The van der Waals surface area contributed by atoms with E-state index in [1.54, 1.807) is 36.4 Å². The molecule has 0 saturated carbocycles. The first-order chi connectivity index (χ1) is 16.4. The molecule has 5 nitrogen and oxygen atoms in total. The molecule has 3 aromatic carbocycles. The molecular weight excluding hydrogens is 534 g/mol. The van der Waals surface area contributed by atoms with Gasteiger partial charge in [-0.25, -0.2) is 0 Å². The van der Waals surface area contributed by atoms with Gasteiger partial charge < -0.3 is 5.32 Å². The summed E-state index contributed by atoms with van der Waals surface area (Å²) in [6.07, 6.45) is 0.444. The maximum Gasteiger partial charge on any atom is 0.269 e. The predicted molar refractivity (Wildman–Crippen MR) is 141 cm³/mol. The van der Waals surface area contributed by atoms with Gasteiger partial charge in [0.1, 0.15) is 16.7 Å². The Kier molecular flexibility index (Phi) is 7.42. The molecule has 1 saturated heterocycles. The molecule has 1 N–H and O–H groups in total. The number of carbonyl (C=O) groups excluding carboxylic acids is 2. The van der Waals surface area contributed by atoms with Gasteiger partial charge in [-0.05, 0) is 67.4 Å². The summed E-state index contributed by atoms with van der Waals surface area (Å²) in [5.41, 5.74) is 3.04. The Hall–Kier alpha value is -3.05. The third-order valence-electron chi connectivity index (χ3n) is 5.23.